The van der Waals surface area contributed by atoms with Crippen LogP contribution in [0.2, 0.25) is 0 Å². The second-order valence-corrected chi connectivity index (χ2v) is 8.26. The second-order valence-electron chi connectivity index (χ2n) is 6.48. The molecular weight excluding hydrogens is 276 g/mol. The van der Waals surface area contributed by atoms with E-state index in [1.54, 1.807) is 0 Å². The maximum atomic E-state index is 11.2. The summed E-state index contributed by atoms with van der Waals surface area (Å²) in [5.74, 6) is 0. The van der Waals surface area contributed by atoms with Crippen molar-refractivity contribution in [3.8, 4) is 0 Å². The molecule has 1 aliphatic heterocycles. The van der Waals surface area contributed by atoms with Crippen LogP contribution < -0.4 is 4.72 Å². The highest BCUT2D eigenvalue weighted by Crippen LogP contribution is 2.48. The van der Waals surface area contributed by atoms with Crippen molar-refractivity contribution in [3.63, 3.8) is 0 Å². The first-order valence-corrected chi connectivity index (χ1v) is 8.90. The molecule has 1 saturated heterocycles. The molecule has 1 aliphatic carbocycles. The molecule has 0 unspecified atom stereocenters. The van der Waals surface area contributed by atoms with Crippen molar-refractivity contribution in [3.05, 3.63) is 18.0 Å². The van der Waals surface area contributed by atoms with Gasteiger partial charge in [0.1, 0.15) is 0 Å². The number of sulfonamides is 1. The number of rotatable bonds is 4. The number of nitrogens with one attached hydrogen (secondary N) is 1. The number of nitrogens with zero attached hydrogens (tertiary/aromatic N) is 3. The van der Waals surface area contributed by atoms with Crippen LogP contribution in [-0.4, -0.2) is 48.5 Å². The Bertz CT molecular complexity index is 589. The standard InChI is InChI=1S/C13H22N4O2S/c1-16-8-11(7-14-16)9-17-4-3-13(10-17)5-12(6-13)15-20(2,18)19/h7-8,12,15H,3-6,9-10H2,1-2H3. The van der Waals surface area contributed by atoms with Crippen LogP contribution in [0.5, 0.6) is 0 Å². The van der Waals surface area contributed by atoms with Gasteiger partial charge in [-0.1, -0.05) is 0 Å². The monoisotopic (exact) mass is 298 g/mol. The van der Waals surface area contributed by atoms with Gasteiger partial charge in [0, 0.05) is 37.9 Å². The highest BCUT2D eigenvalue weighted by Gasteiger charge is 2.48. The Morgan fingerprint density at radius 1 is 1.50 bits per heavy atom. The van der Waals surface area contributed by atoms with Crippen molar-refractivity contribution in [1.82, 2.24) is 19.4 Å². The molecule has 7 heteroatoms. The number of aromatic nitrogens is 2. The van der Waals surface area contributed by atoms with Gasteiger partial charge in [-0.2, -0.15) is 5.10 Å². The Labute approximate surface area is 120 Å². The highest BCUT2D eigenvalue weighted by molar-refractivity contribution is 7.88. The number of aryl methyl sites for hydroxylation is 1. The number of likely N-dealkylation sites (tertiary alicyclic amines) is 1. The molecule has 112 valence electrons. The van der Waals surface area contributed by atoms with Gasteiger partial charge < -0.3 is 0 Å². The summed E-state index contributed by atoms with van der Waals surface area (Å²) in [5.41, 5.74) is 1.58. The van der Waals surface area contributed by atoms with Gasteiger partial charge in [0.15, 0.2) is 0 Å². The van der Waals surface area contributed by atoms with Gasteiger partial charge in [0.05, 0.1) is 12.5 Å². The number of hydrogen-bond acceptors (Lipinski definition) is 4. The second kappa shape index (κ2) is 4.82. The first-order chi connectivity index (χ1) is 9.34. The van der Waals surface area contributed by atoms with E-state index in [0.29, 0.717) is 5.41 Å². The summed E-state index contributed by atoms with van der Waals surface area (Å²) in [5, 5.41) is 4.19. The molecule has 0 radical (unpaired) electrons. The van der Waals surface area contributed by atoms with Gasteiger partial charge >= 0.3 is 0 Å². The van der Waals surface area contributed by atoms with Crippen LogP contribution in [0.1, 0.15) is 24.8 Å². The molecular formula is C13H22N4O2S. The molecule has 1 aromatic heterocycles. The van der Waals surface area contributed by atoms with Crippen LogP contribution in [0.4, 0.5) is 0 Å². The van der Waals surface area contributed by atoms with Crippen LogP contribution in [0.3, 0.4) is 0 Å². The Hall–Kier alpha value is -0.920. The van der Waals surface area contributed by atoms with E-state index >= 15 is 0 Å². The van der Waals surface area contributed by atoms with E-state index < -0.39 is 10.0 Å². The van der Waals surface area contributed by atoms with Crippen molar-refractivity contribution in [2.24, 2.45) is 12.5 Å². The molecule has 1 aromatic rings. The lowest BCUT2D eigenvalue weighted by Gasteiger charge is -2.45. The predicted octanol–water partition coefficient (Wildman–Crippen LogP) is 0.324. The maximum Gasteiger partial charge on any atom is 0.208 e. The van der Waals surface area contributed by atoms with Crippen molar-refractivity contribution in [1.29, 1.82) is 0 Å². The summed E-state index contributed by atoms with van der Waals surface area (Å²) >= 11 is 0. The van der Waals surface area contributed by atoms with Crippen molar-refractivity contribution >= 4 is 10.0 Å². The molecule has 20 heavy (non-hydrogen) atoms. The zero-order chi connectivity index (χ0) is 14.4. The highest BCUT2D eigenvalue weighted by atomic mass is 32.2. The van der Waals surface area contributed by atoms with Gasteiger partial charge in [0.2, 0.25) is 10.0 Å². The zero-order valence-electron chi connectivity index (χ0n) is 12.0. The maximum absolute atomic E-state index is 11.2. The minimum atomic E-state index is -3.06. The predicted molar refractivity (Wildman–Crippen MR) is 76.5 cm³/mol. The quantitative estimate of drug-likeness (QED) is 0.869. The molecule has 2 fully saturated rings. The summed E-state index contributed by atoms with van der Waals surface area (Å²) in [6, 6.07) is 0.142. The molecule has 1 N–H and O–H groups in total. The Morgan fingerprint density at radius 3 is 2.85 bits per heavy atom. The largest absolute Gasteiger partial charge is 0.298 e. The molecule has 6 nitrogen and oxygen atoms in total. The van der Waals surface area contributed by atoms with Crippen molar-refractivity contribution < 1.29 is 8.42 Å². The van der Waals surface area contributed by atoms with E-state index in [4.69, 9.17) is 0 Å². The third-order valence-electron chi connectivity index (χ3n) is 4.42. The first-order valence-electron chi connectivity index (χ1n) is 7.01. The summed E-state index contributed by atoms with van der Waals surface area (Å²) in [7, 11) is -1.13. The topological polar surface area (TPSA) is 67.2 Å². The lowest BCUT2D eigenvalue weighted by molar-refractivity contribution is 0.101. The van der Waals surface area contributed by atoms with Gasteiger partial charge in [-0.05, 0) is 31.2 Å². The van der Waals surface area contributed by atoms with Gasteiger partial charge in [-0.15, -0.1) is 0 Å². The van der Waals surface area contributed by atoms with E-state index in [1.807, 2.05) is 17.9 Å². The molecule has 0 aromatic carbocycles. The molecule has 1 spiro atoms. The van der Waals surface area contributed by atoms with Crippen molar-refractivity contribution in [2.75, 3.05) is 19.3 Å². The Morgan fingerprint density at radius 2 is 2.25 bits per heavy atom. The fraction of sp³-hybridized carbons (Fsp3) is 0.769. The zero-order valence-corrected chi connectivity index (χ0v) is 12.9. The molecule has 2 heterocycles. The first kappa shape index (κ1) is 14.0. The summed E-state index contributed by atoms with van der Waals surface area (Å²) in [4.78, 5) is 2.45. The average Bonchev–Trinajstić information content (AvgIpc) is 2.84. The lowest BCUT2D eigenvalue weighted by Crippen LogP contribution is -2.51. The van der Waals surface area contributed by atoms with Crippen LogP contribution in [-0.2, 0) is 23.6 Å². The Kier molecular flexibility index (Phi) is 3.38. The van der Waals surface area contributed by atoms with Gasteiger partial charge in [-0.3, -0.25) is 9.58 Å². The molecule has 0 amide bonds. The fourth-order valence-corrected chi connectivity index (χ4v) is 4.45. The minimum absolute atomic E-state index is 0.142. The van der Waals surface area contributed by atoms with Crippen LogP contribution in [0.15, 0.2) is 12.4 Å². The average molecular weight is 298 g/mol. The third kappa shape index (κ3) is 3.05. The lowest BCUT2D eigenvalue weighted by atomic mass is 9.65. The van der Waals surface area contributed by atoms with E-state index in [-0.39, 0.29) is 6.04 Å². The van der Waals surface area contributed by atoms with Crippen LogP contribution in [0, 0.1) is 5.41 Å². The smallest absolute Gasteiger partial charge is 0.208 e. The van der Waals surface area contributed by atoms with E-state index in [0.717, 1.165) is 32.5 Å². The van der Waals surface area contributed by atoms with E-state index in [2.05, 4.69) is 20.9 Å². The molecule has 2 aliphatic rings. The van der Waals surface area contributed by atoms with Crippen LogP contribution >= 0.6 is 0 Å². The summed E-state index contributed by atoms with van der Waals surface area (Å²) in [6.45, 7) is 3.12. The molecule has 1 saturated carbocycles. The molecule has 3 rings (SSSR count). The minimum Gasteiger partial charge on any atom is -0.298 e. The SMILES string of the molecule is Cn1cc(CN2CCC3(CC(NS(C)(=O)=O)C3)C2)cn1. The fourth-order valence-electron chi connectivity index (χ4n) is 3.68. The number of hydrogen-bond donors (Lipinski definition) is 1. The Balaban J connectivity index is 1.51. The van der Waals surface area contributed by atoms with E-state index in [9.17, 15) is 8.42 Å². The summed E-state index contributed by atoms with van der Waals surface area (Å²) in [6.07, 6.45) is 8.34. The summed E-state index contributed by atoms with van der Waals surface area (Å²) < 4.78 is 27.0. The van der Waals surface area contributed by atoms with E-state index in [1.165, 1.54) is 18.2 Å². The van der Waals surface area contributed by atoms with Gasteiger partial charge in [-0.25, -0.2) is 13.1 Å². The normalized spacial score (nSPS) is 30.8. The molecule has 0 bridgehead atoms. The van der Waals surface area contributed by atoms with Crippen molar-refractivity contribution in [2.45, 2.75) is 31.8 Å². The van der Waals surface area contributed by atoms with Gasteiger partial charge in [0.25, 0.3) is 0 Å². The molecule has 0 atom stereocenters. The third-order valence-corrected chi connectivity index (χ3v) is 5.18. The van der Waals surface area contributed by atoms with Crippen LogP contribution in [0.25, 0.3) is 0 Å².